The van der Waals surface area contributed by atoms with Gasteiger partial charge in [-0.1, -0.05) is 99.9 Å². The molecule has 1 aliphatic heterocycles. The fraction of sp³-hybridized carbons (Fsp3) is 0.667. The van der Waals surface area contributed by atoms with Crippen molar-refractivity contribution < 1.29 is 22.5 Å². The summed E-state index contributed by atoms with van der Waals surface area (Å²) in [5.41, 5.74) is 1.92. The highest BCUT2D eigenvalue weighted by Gasteiger charge is 2.42. The van der Waals surface area contributed by atoms with Crippen LogP contribution in [0, 0.1) is 0 Å². The van der Waals surface area contributed by atoms with E-state index in [1.165, 1.54) is 31.2 Å². The zero-order valence-corrected chi connectivity index (χ0v) is 20.4. The van der Waals surface area contributed by atoms with Gasteiger partial charge in [-0.25, -0.2) is 0 Å². The van der Waals surface area contributed by atoms with Crippen LogP contribution in [0.25, 0.3) is 0 Å². The summed E-state index contributed by atoms with van der Waals surface area (Å²) in [5, 5.41) is 2.58. The molecule has 1 saturated carbocycles. The zero-order chi connectivity index (χ0) is 19.6. The van der Waals surface area contributed by atoms with Crippen molar-refractivity contribution in [3.05, 3.63) is 35.9 Å². The normalized spacial score (nSPS) is 27.1. The van der Waals surface area contributed by atoms with E-state index in [4.69, 9.17) is 74.3 Å². The Morgan fingerprint density at radius 3 is 1.89 bits per heavy atom. The molecule has 2 fully saturated rings. The Balaban J connectivity index is 0.000000646. The molecule has 1 aromatic rings. The summed E-state index contributed by atoms with van der Waals surface area (Å²) in [5.74, 6) is 0.766. The molecule has 1 heterocycles. The summed E-state index contributed by atoms with van der Waals surface area (Å²) in [6, 6.07) is 11.6. The van der Waals surface area contributed by atoms with E-state index < -0.39 is 8.59 Å². The highest BCUT2D eigenvalue weighted by molar-refractivity contribution is 6.63. The predicted octanol–water partition coefficient (Wildman–Crippen LogP) is 3.04. The third kappa shape index (κ3) is 12.5. The number of nitrogens with two attached hydrogens (primary N) is 1. The quantitative estimate of drug-likeness (QED) is 0.567. The van der Waals surface area contributed by atoms with E-state index in [0.29, 0.717) is 11.6 Å². The Hall–Kier alpha value is 1.17. The molecule has 0 bridgehead atoms. The molecule has 2 aliphatic rings. The molecular weight excluding hydrogens is 494 g/mol. The number of alkyl halides is 6. The minimum Gasteiger partial charge on any atom is -1.00 e. The number of hydrogen-bond donors (Lipinski definition) is 1. The predicted molar refractivity (Wildman–Crippen MR) is 115 cm³/mol. The Labute approximate surface area is 198 Å². The molecular formula is C18H26Cl7NO. The number of halogens is 7. The summed E-state index contributed by atoms with van der Waals surface area (Å²) in [6.07, 6.45) is 5.24. The first kappa shape index (κ1) is 28.2. The number of hydrogen-bond acceptors (Lipinski definition) is 1. The molecule has 0 amide bonds. The molecule has 1 aromatic carbocycles. The first-order valence-electron chi connectivity index (χ1n) is 8.57. The van der Waals surface area contributed by atoms with Crippen LogP contribution in [0.4, 0.5) is 0 Å². The maximum Gasteiger partial charge on any atom is 0.180 e. The van der Waals surface area contributed by atoms with Gasteiger partial charge in [-0.05, 0) is 31.2 Å². The average molecular weight is 521 g/mol. The maximum atomic E-state index is 5.78. The highest BCUT2D eigenvalue weighted by atomic mass is 35.6. The molecule has 158 valence electrons. The standard InChI is InChI=1S/C16H23NO.2CHCl3.ClH/c1-13-11-18-12-16(17-13)9-7-15(8-10-16)14-5-3-2-4-6-14;2*2-1(3)4;/h2-6,13,15,17H,7-12H2,1H3;2*1H;1H/t13-,15?,16?;;;/m0.../s1. The third-order valence-corrected chi connectivity index (χ3v) is 4.66. The van der Waals surface area contributed by atoms with Crippen molar-refractivity contribution in [1.82, 2.24) is 0 Å². The first-order valence-corrected chi connectivity index (χ1v) is 11.2. The maximum absolute atomic E-state index is 5.78. The molecule has 1 spiro atoms. The molecule has 1 saturated heterocycles. The largest absolute Gasteiger partial charge is 1.00 e. The van der Waals surface area contributed by atoms with Crippen molar-refractivity contribution in [2.75, 3.05) is 13.2 Å². The van der Waals surface area contributed by atoms with Gasteiger partial charge in [0, 0.05) is 12.8 Å². The van der Waals surface area contributed by atoms with E-state index in [1.54, 1.807) is 0 Å². The first-order chi connectivity index (χ1) is 12.2. The van der Waals surface area contributed by atoms with Crippen molar-refractivity contribution >= 4 is 69.6 Å². The SMILES string of the molecule is C[C@H]1COCC2(CCC(c3ccccc3)CC2)[NH2+]1.ClC(Cl)Cl.ClC(Cl)Cl.[Cl-]. The van der Waals surface area contributed by atoms with E-state index >= 15 is 0 Å². The Morgan fingerprint density at radius 1 is 0.963 bits per heavy atom. The summed E-state index contributed by atoms with van der Waals surface area (Å²) in [6.45, 7) is 4.16. The number of benzene rings is 1. The van der Waals surface area contributed by atoms with Crippen LogP contribution in [-0.2, 0) is 4.74 Å². The molecule has 27 heavy (non-hydrogen) atoms. The molecule has 0 unspecified atom stereocenters. The minimum atomic E-state index is -0.750. The lowest BCUT2D eigenvalue weighted by molar-refractivity contribution is -0.773. The van der Waals surface area contributed by atoms with Crippen molar-refractivity contribution in [2.24, 2.45) is 0 Å². The van der Waals surface area contributed by atoms with E-state index in [2.05, 4.69) is 42.6 Å². The monoisotopic (exact) mass is 517 g/mol. The van der Waals surface area contributed by atoms with Crippen molar-refractivity contribution in [2.45, 2.75) is 58.7 Å². The second kappa shape index (κ2) is 15.0. The topological polar surface area (TPSA) is 25.8 Å². The van der Waals surface area contributed by atoms with Gasteiger partial charge in [0.25, 0.3) is 0 Å². The average Bonchev–Trinajstić information content (AvgIpc) is 2.55. The molecule has 0 aromatic heterocycles. The molecule has 1 atom stereocenters. The van der Waals surface area contributed by atoms with Gasteiger partial charge >= 0.3 is 0 Å². The smallest absolute Gasteiger partial charge is 0.180 e. The summed E-state index contributed by atoms with van der Waals surface area (Å²) >= 11 is 28.8. The molecule has 2 nitrogen and oxygen atoms in total. The highest BCUT2D eigenvalue weighted by Crippen LogP contribution is 2.36. The van der Waals surface area contributed by atoms with Crippen LogP contribution in [0.3, 0.4) is 0 Å². The van der Waals surface area contributed by atoms with Gasteiger partial charge in [0.1, 0.15) is 18.2 Å². The lowest BCUT2D eigenvalue weighted by atomic mass is 9.74. The molecule has 1 aliphatic carbocycles. The van der Waals surface area contributed by atoms with Crippen LogP contribution >= 0.6 is 69.6 Å². The number of morpholine rings is 1. The van der Waals surface area contributed by atoms with E-state index in [1.807, 2.05) is 0 Å². The second-order valence-electron chi connectivity index (χ2n) is 6.70. The van der Waals surface area contributed by atoms with E-state index in [9.17, 15) is 0 Å². The van der Waals surface area contributed by atoms with Gasteiger partial charge in [-0.2, -0.15) is 0 Å². The van der Waals surface area contributed by atoms with Crippen LogP contribution in [-0.4, -0.2) is 33.4 Å². The lowest BCUT2D eigenvalue weighted by Crippen LogP contribution is -3.04. The van der Waals surface area contributed by atoms with Gasteiger partial charge < -0.3 is 22.5 Å². The molecule has 2 N–H and O–H groups in total. The Bertz CT molecular complexity index is 470. The van der Waals surface area contributed by atoms with Gasteiger partial charge in [0.05, 0.1) is 6.61 Å². The van der Waals surface area contributed by atoms with Crippen LogP contribution < -0.4 is 17.7 Å². The number of rotatable bonds is 1. The van der Waals surface area contributed by atoms with E-state index in [0.717, 1.165) is 19.1 Å². The minimum absolute atomic E-state index is 0. The third-order valence-electron chi connectivity index (χ3n) is 4.66. The van der Waals surface area contributed by atoms with Gasteiger partial charge in [-0.15, -0.1) is 0 Å². The van der Waals surface area contributed by atoms with Crippen LogP contribution in [0.5, 0.6) is 0 Å². The summed E-state index contributed by atoms with van der Waals surface area (Å²) in [7, 11) is 0. The number of quaternary nitrogens is 1. The Kier molecular flexibility index (Phi) is 15.7. The number of ether oxygens (including phenoxy) is 1. The Morgan fingerprint density at radius 2 is 1.44 bits per heavy atom. The van der Waals surface area contributed by atoms with E-state index in [-0.39, 0.29) is 12.4 Å². The lowest BCUT2D eigenvalue weighted by Gasteiger charge is -2.42. The van der Waals surface area contributed by atoms with Crippen LogP contribution in [0.15, 0.2) is 30.3 Å². The molecule has 0 radical (unpaired) electrons. The van der Waals surface area contributed by atoms with Crippen molar-refractivity contribution in [3.8, 4) is 0 Å². The van der Waals surface area contributed by atoms with Crippen molar-refractivity contribution in [3.63, 3.8) is 0 Å². The molecule has 9 heteroatoms. The second-order valence-corrected chi connectivity index (χ2v) is 10.7. The van der Waals surface area contributed by atoms with Crippen molar-refractivity contribution in [1.29, 1.82) is 0 Å². The fourth-order valence-electron chi connectivity index (χ4n) is 3.71. The van der Waals surface area contributed by atoms with Crippen LogP contribution in [0.1, 0.15) is 44.1 Å². The summed E-state index contributed by atoms with van der Waals surface area (Å²) < 4.78 is 4.28. The van der Waals surface area contributed by atoms with Crippen LogP contribution in [0.2, 0.25) is 0 Å². The zero-order valence-electron chi connectivity index (χ0n) is 15.1. The van der Waals surface area contributed by atoms with Gasteiger partial charge in [0.2, 0.25) is 0 Å². The van der Waals surface area contributed by atoms with Gasteiger partial charge in [0.15, 0.2) is 8.59 Å². The fourth-order valence-corrected chi connectivity index (χ4v) is 3.71. The molecule has 3 rings (SSSR count). The van der Waals surface area contributed by atoms with Gasteiger partial charge in [-0.3, -0.25) is 0 Å². The summed E-state index contributed by atoms with van der Waals surface area (Å²) in [4.78, 5) is 0.